The quantitative estimate of drug-likeness (QED) is 0.656. The van der Waals surface area contributed by atoms with E-state index in [9.17, 15) is 9.59 Å². The second-order valence-electron chi connectivity index (χ2n) is 4.68. The smallest absolute Gasteiger partial charge is 0.224 e. The van der Waals surface area contributed by atoms with Crippen molar-refractivity contribution < 1.29 is 14.3 Å². The third-order valence-corrected chi connectivity index (χ3v) is 2.69. The van der Waals surface area contributed by atoms with Crippen LogP contribution in [0.2, 0.25) is 0 Å². The predicted octanol–water partition coefficient (Wildman–Crippen LogP) is 0.864. The van der Waals surface area contributed by atoms with Gasteiger partial charge in [0.1, 0.15) is 5.75 Å². The molecule has 6 heteroatoms. The van der Waals surface area contributed by atoms with Crippen molar-refractivity contribution in [2.75, 3.05) is 18.5 Å². The lowest BCUT2D eigenvalue weighted by Gasteiger charge is -2.10. The highest BCUT2D eigenvalue weighted by Crippen LogP contribution is 2.16. The van der Waals surface area contributed by atoms with Gasteiger partial charge in [-0.05, 0) is 36.7 Å². The van der Waals surface area contributed by atoms with Gasteiger partial charge in [0.05, 0.1) is 13.0 Å². The molecule has 0 aromatic heterocycles. The summed E-state index contributed by atoms with van der Waals surface area (Å²) in [7, 11) is 0. The molecule has 6 nitrogen and oxygen atoms in total. The van der Waals surface area contributed by atoms with E-state index < -0.39 is 5.91 Å². The normalized spacial score (nSPS) is 11.7. The Morgan fingerprint density at radius 1 is 1.30 bits per heavy atom. The van der Waals surface area contributed by atoms with Crippen molar-refractivity contribution >= 4 is 17.5 Å². The summed E-state index contributed by atoms with van der Waals surface area (Å²) < 4.78 is 5.33. The number of carbonyl (C=O) groups is 2. The Morgan fingerprint density at radius 2 is 1.95 bits per heavy atom. The molecule has 0 radical (unpaired) electrons. The number of benzene rings is 1. The Morgan fingerprint density at radius 3 is 2.50 bits per heavy atom. The van der Waals surface area contributed by atoms with E-state index >= 15 is 0 Å². The molecule has 0 aliphatic heterocycles. The molecule has 110 valence electrons. The lowest BCUT2D eigenvalue weighted by Crippen LogP contribution is -2.20. The second kappa shape index (κ2) is 8.16. The molecule has 0 saturated carbocycles. The first kappa shape index (κ1) is 16.0. The average molecular weight is 279 g/mol. The number of hydrogen-bond donors (Lipinski definition) is 3. The van der Waals surface area contributed by atoms with Crippen molar-refractivity contribution in [1.29, 1.82) is 0 Å². The highest BCUT2D eigenvalue weighted by Gasteiger charge is 2.07. The van der Waals surface area contributed by atoms with Crippen LogP contribution in [0.25, 0.3) is 0 Å². The van der Waals surface area contributed by atoms with Crippen LogP contribution < -0.4 is 21.5 Å². The lowest BCUT2D eigenvalue weighted by molar-refractivity contribution is -0.118. The molecule has 0 fully saturated rings. The molecule has 0 aliphatic rings. The van der Waals surface area contributed by atoms with Crippen LogP contribution in [0.15, 0.2) is 24.3 Å². The van der Waals surface area contributed by atoms with Crippen LogP contribution >= 0.6 is 0 Å². The fourth-order valence-electron chi connectivity index (χ4n) is 1.52. The van der Waals surface area contributed by atoms with Gasteiger partial charge in [0.15, 0.2) is 0 Å². The van der Waals surface area contributed by atoms with E-state index in [1.54, 1.807) is 24.3 Å². The molecule has 1 aromatic rings. The number of amides is 2. The third kappa shape index (κ3) is 6.19. The van der Waals surface area contributed by atoms with Gasteiger partial charge in [-0.15, -0.1) is 0 Å². The lowest BCUT2D eigenvalue weighted by atomic mass is 10.1. The molecule has 1 atom stereocenters. The van der Waals surface area contributed by atoms with E-state index in [4.69, 9.17) is 16.2 Å². The van der Waals surface area contributed by atoms with Gasteiger partial charge < -0.3 is 21.5 Å². The van der Waals surface area contributed by atoms with Crippen molar-refractivity contribution in [2.45, 2.75) is 19.8 Å². The summed E-state index contributed by atoms with van der Waals surface area (Å²) in [6.45, 7) is 2.66. The molecule has 20 heavy (non-hydrogen) atoms. The first-order valence-corrected chi connectivity index (χ1v) is 6.52. The molecule has 0 bridgehead atoms. The molecule has 0 saturated heterocycles. The molecule has 0 aliphatic carbocycles. The fraction of sp³-hybridized carbons (Fsp3) is 0.429. The van der Waals surface area contributed by atoms with Gasteiger partial charge in [0, 0.05) is 12.1 Å². The Bertz CT molecular complexity index is 445. The predicted molar refractivity (Wildman–Crippen MR) is 77.2 cm³/mol. The molecular weight excluding hydrogens is 258 g/mol. The fourth-order valence-corrected chi connectivity index (χ4v) is 1.52. The summed E-state index contributed by atoms with van der Waals surface area (Å²) in [6.07, 6.45) is 0.572. The summed E-state index contributed by atoms with van der Waals surface area (Å²) in [5.74, 6) is 0.319. The minimum atomic E-state index is -0.400. The maximum Gasteiger partial charge on any atom is 0.224 e. The minimum absolute atomic E-state index is 0.0645. The summed E-state index contributed by atoms with van der Waals surface area (Å²) in [5.41, 5.74) is 11.2. The topological polar surface area (TPSA) is 107 Å². The zero-order valence-corrected chi connectivity index (χ0v) is 11.6. The van der Waals surface area contributed by atoms with Crippen molar-refractivity contribution in [1.82, 2.24) is 0 Å². The van der Waals surface area contributed by atoms with Crippen molar-refractivity contribution in [3.05, 3.63) is 24.3 Å². The van der Waals surface area contributed by atoms with Crippen LogP contribution in [-0.2, 0) is 9.59 Å². The molecule has 2 amide bonds. The first-order chi connectivity index (χ1) is 9.51. The average Bonchev–Trinajstić information content (AvgIpc) is 2.40. The standard InChI is InChI=1S/C14H21N3O3/c1-10(9-15)8-14(19)17-11-2-4-12(5-3-11)20-7-6-13(16)18/h2-5,10H,6-9,15H2,1H3,(H2,16,18)(H,17,19). The number of hydrogen-bond acceptors (Lipinski definition) is 4. The number of anilines is 1. The van der Waals surface area contributed by atoms with Gasteiger partial charge >= 0.3 is 0 Å². The molecule has 1 unspecified atom stereocenters. The monoisotopic (exact) mass is 279 g/mol. The van der Waals surface area contributed by atoms with E-state index in [1.165, 1.54) is 0 Å². The van der Waals surface area contributed by atoms with Crippen LogP contribution in [0.4, 0.5) is 5.69 Å². The van der Waals surface area contributed by atoms with Gasteiger partial charge in [-0.1, -0.05) is 6.92 Å². The van der Waals surface area contributed by atoms with Crippen LogP contribution in [0.1, 0.15) is 19.8 Å². The van der Waals surface area contributed by atoms with Crippen LogP contribution in [0.5, 0.6) is 5.75 Å². The Kier molecular flexibility index (Phi) is 6.52. The SMILES string of the molecule is CC(CN)CC(=O)Nc1ccc(OCCC(N)=O)cc1. The van der Waals surface area contributed by atoms with Crippen molar-refractivity contribution in [2.24, 2.45) is 17.4 Å². The molecular formula is C14H21N3O3. The summed E-state index contributed by atoms with van der Waals surface area (Å²) in [5, 5.41) is 2.78. The third-order valence-electron chi connectivity index (χ3n) is 2.69. The van der Waals surface area contributed by atoms with Gasteiger partial charge in [-0.3, -0.25) is 9.59 Å². The summed E-state index contributed by atoms with van der Waals surface area (Å²) in [4.78, 5) is 22.2. The number of rotatable bonds is 8. The Hall–Kier alpha value is -2.08. The highest BCUT2D eigenvalue weighted by atomic mass is 16.5. The zero-order chi connectivity index (χ0) is 15.0. The minimum Gasteiger partial charge on any atom is -0.493 e. The van der Waals surface area contributed by atoms with Gasteiger partial charge in [0.25, 0.3) is 0 Å². The highest BCUT2D eigenvalue weighted by molar-refractivity contribution is 5.90. The van der Waals surface area contributed by atoms with Crippen LogP contribution in [0.3, 0.4) is 0 Å². The second-order valence-corrected chi connectivity index (χ2v) is 4.68. The van der Waals surface area contributed by atoms with Crippen LogP contribution in [0, 0.1) is 5.92 Å². The van der Waals surface area contributed by atoms with Crippen molar-refractivity contribution in [3.8, 4) is 5.75 Å². The number of primary amides is 1. The van der Waals surface area contributed by atoms with E-state index in [0.717, 1.165) is 0 Å². The van der Waals surface area contributed by atoms with Crippen molar-refractivity contribution in [3.63, 3.8) is 0 Å². The summed E-state index contributed by atoms with van der Waals surface area (Å²) in [6, 6.07) is 6.93. The van der Waals surface area contributed by atoms with Crippen LogP contribution in [-0.4, -0.2) is 25.0 Å². The number of ether oxygens (including phenoxy) is 1. The number of carbonyl (C=O) groups excluding carboxylic acids is 2. The number of nitrogens with two attached hydrogens (primary N) is 2. The number of nitrogens with one attached hydrogen (secondary N) is 1. The van der Waals surface area contributed by atoms with Gasteiger partial charge in [-0.25, -0.2) is 0 Å². The Labute approximate surface area is 118 Å². The van der Waals surface area contributed by atoms with E-state index in [1.807, 2.05) is 6.92 Å². The zero-order valence-electron chi connectivity index (χ0n) is 11.6. The molecule has 0 heterocycles. The molecule has 5 N–H and O–H groups in total. The molecule has 1 aromatic carbocycles. The largest absolute Gasteiger partial charge is 0.493 e. The molecule has 1 rings (SSSR count). The van der Waals surface area contributed by atoms with Gasteiger partial charge in [-0.2, -0.15) is 0 Å². The maximum atomic E-state index is 11.7. The Balaban J connectivity index is 2.42. The van der Waals surface area contributed by atoms with Gasteiger partial charge in [0.2, 0.25) is 11.8 Å². The first-order valence-electron chi connectivity index (χ1n) is 6.52. The summed E-state index contributed by atoms with van der Waals surface area (Å²) >= 11 is 0. The maximum absolute atomic E-state index is 11.7. The molecule has 0 spiro atoms. The van der Waals surface area contributed by atoms with E-state index in [0.29, 0.717) is 24.4 Å². The van der Waals surface area contributed by atoms with E-state index in [2.05, 4.69) is 5.32 Å². The van der Waals surface area contributed by atoms with E-state index in [-0.39, 0.29) is 24.9 Å².